The van der Waals surface area contributed by atoms with E-state index >= 15 is 0 Å². The van der Waals surface area contributed by atoms with Crippen molar-refractivity contribution in [1.82, 2.24) is 10.2 Å². The van der Waals surface area contributed by atoms with Gasteiger partial charge in [-0.2, -0.15) is 0 Å². The molecule has 2 aromatic carbocycles. The van der Waals surface area contributed by atoms with E-state index in [1.54, 1.807) is 12.2 Å². The van der Waals surface area contributed by atoms with Gasteiger partial charge in [0.2, 0.25) is 11.8 Å². The van der Waals surface area contributed by atoms with E-state index in [0.29, 0.717) is 19.5 Å². The van der Waals surface area contributed by atoms with Crippen molar-refractivity contribution in [3.63, 3.8) is 0 Å². The predicted molar refractivity (Wildman–Crippen MR) is 119 cm³/mol. The molecule has 5 nitrogen and oxygen atoms in total. The molecular formula is C25H31N3O2. The lowest BCUT2D eigenvalue weighted by Gasteiger charge is -2.21. The van der Waals surface area contributed by atoms with Gasteiger partial charge < -0.3 is 16.0 Å². The summed E-state index contributed by atoms with van der Waals surface area (Å²) in [7, 11) is 0. The predicted octanol–water partition coefficient (Wildman–Crippen LogP) is 3.19. The van der Waals surface area contributed by atoms with Gasteiger partial charge in [0.25, 0.3) is 0 Å². The van der Waals surface area contributed by atoms with Crippen LogP contribution in [0.1, 0.15) is 37.0 Å². The van der Waals surface area contributed by atoms with Gasteiger partial charge in [0, 0.05) is 25.2 Å². The third-order valence-electron chi connectivity index (χ3n) is 5.56. The van der Waals surface area contributed by atoms with Crippen molar-refractivity contribution in [3.8, 4) is 0 Å². The van der Waals surface area contributed by atoms with Crippen molar-refractivity contribution < 1.29 is 9.59 Å². The zero-order chi connectivity index (χ0) is 21.5. The Balaban J connectivity index is 1.64. The lowest BCUT2D eigenvalue weighted by molar-refractivity contribution is -0.127. The number of fused-ring (bicyclic) bond motifs is 1. The summed E-state index contributed by atoms with van der Waals surface area (Å²) in [5, 5.41) is 3.01. The van der Waals surface area contributed by atoms with Crippen molar-refractivity contribution in [2.45, 2.75) is 51.9 Å². The molecule has 0 spiro atoms. The topological polar surface area (TPSA) is 75.4 Å². The Bertz CT molecular complexity index is 867. The third kappa shape index (κ3) is 5.80. The summed E-state index contributed by atoms with van der Waals surface area (Å²) in [6.45, 7) is 5.10. The Morgan fingerprint density at radius 3 is 2.23 bits per heavy atom. The third-order valence-corrected chi connectivity index (χ3v) is 5.56. The Hall–Kier alpha value is -2.92. The SMILES string of the molecule is CC(C)C(N)C(=O)N[C@H](/C=C/C(=O)N1Cc2ccccc2C1)CCc1ccccc1. The molecule has 0 bridgehead atoms. The highest BCUT2D eigenvalue weighted by Gasteiger charge is 2.22. The summed E-state index contributed by atoms with van der Waals surface area (Å²) in [4.78, 5) is 27.0. The normalized spacial score (nSPS) is 15.3. The maximum Gasteiger partial charge on any atom is 0.246 e. The van der Waals surface area contributed by atoms with E-state index in [2.05, 4.69) is 29.6 Å². The second-order valence-electron chi connectivity index (χ2n) is 8.23. The molecule has 1 heterocycles. The van der Waals surface area contributed by atoms with E-state index in [0.717, 1.165) is 6.42 Å². The van der Waals surface area contributed by atoms with Gasteiger partial charge in [0.05, 0.1) is 6.04 Å². The van der Waals surface area contributed by atoms with Gasteiger partial charge in [-0.25, -0.2) is 0 Å². The van der Waals surface area contributed by atoms with Crippen LogP contribution in [0.5, 0.6) is 0 Å². The molecule has 0 radical (unpaired) electrons. The number of amides is 2. The molecular weight excluding hydrogens is 374 g/mol. The summed E-state index contributed by atoms with van der Waals surface area (Å²) in [6, 6.07) is 17.4. The van der Waals surface area contributed by atoms with Crippen LogP contribution < -0.4 is 11.1 Å². The van der Waals surface area contributed by atoms with Crippen molar-refractivity contribution in [3.05, 3.63) is 83.4 Å². The minimum atomic E-state index is -0.568. The first-order chi connectivity index (χ1) is 14.4. The molecule has 3 N–H and O–H groups in total. The number of hydrogen-bond acceptors (Lipinski definition) is 3. The highest BCUT2D eigenvalue weighted by atomic mass is 16.2. The lowest BCUT2D eigenvalue weighted by atomic mass is 10.0. The lowest BCUT2D eigenvalue weighted by Crippen LogP contribution is -2.47. The average Bonchev–Trinajstić information content (AvgIpc) is 3.19. The Morgan fingerprint density at radius 2 is 1.63 bits per heavy atom. The van der Waals surface area contributed by atoms with Crippen LogP contribution in [0.4, 0.5) is 0 Å². The quantitative estimate of drug-likeness (QED) is 0.663. The van der Waals surface area contributed by atoms with E-state index in [-0.39, 0.29) is 23.8 Å². The maximum absolute atomic E-state index is 12.7. The summed E-state index contributed by atoms with van der Waals surface area (Å²) in [5.41, 5.74) is 9.58. The van der Waals surface area contributed by atoms with Crippen LogP contribution in [0.2, 0.25) is 0 Å². The number of nitrogens with zero attached hydrogens (tertiary/aromatic N) is 1. The molecule has 3 rings (SSSR count). The Kier molecular flexibility index (Phi) is 7.41. The number of rotatable bonds is 8. The molecule has 0 fully saturated rings. The highest BCUT2D eigenvalue weighted by Crippen LogP contribution is 2.22. The fraction of sp³-hybridized carbons (Fsp3) is 0.360. The van der Waals surface area contributed by atoms with Crippen LogP contribution in [0.25, 0.3) is 0 Å². The molecule has 2 atom stereocenters. The van der Waals surface area contributed by atoms with Gasteiger partial charge >= 0.3 is 0 Å². The van der Waals surface area contributed by atoms with Gasteiger partial charge in [-0.3, -0.25) is 9.59 Å². The van der Waals surface area contributed by atoms with Gasteiger partial charge in [-0.1, -0.05) is 74.5 Å². The van der Waals surface area contributed by atoms with Gasteiger partial charge in [-0.15, -0.1) is 0 Å². The van der Waals surface area contributed by atoms with Gasteiger partial charge in [0.1, 0.15) is 0 Å². The van der Waals surface area contributed by atoms with Crippen LogP contribution in [0.15, 0.2) is 66.7 Å². The maximum atomic E-state index is 12.7. The van der Waals surface area contributed by atoms with Crippen molar-refractivity contribution in [2.24, 2.45) is 11.7 Å². The molecule has 2 aromatic rings. The number of carbonyl (C=O) groups excluding carboxylic acids is 2. The molecule has 1 aliphatic rings. The summed E-state index contributed by atoms with van der Waals surface area (Å²) in [6.07, 6.45) is 4.89. The monoisotopic (exact) mass is 405 g/mol. The molecule has 0 saturated heterocycles. The van der Waals surface area contributed by atoms with Crippen LogP contribution in [-0.4, -0.2) is 28.8 Å². The van der Waals surface area contributed by atoms with E-state index in [9.17, 15) is 9.59 Å². The fourth-order valence-corrected chi connectivity index (χ4v) is 3.56. The second-order valence-corrected chi connectivity index (χ2v) is 8.23. The molecule has 0 aromatic heterocycles. The first kappa shape index (κ1) is 21.8. The zero-order valence-corrected chi connectivity index (χ0v) is 17.8. The second kappa shape index (κ2) is 10.2. The molecule has 0 aliphatic carbocycles. The summed E-state index contributed by atoms with van der Waals surface area (Å²) >= 11 is 0. The van der Waals surface area contributed by atoms with Crippen LogP contribution in [0, 0.1) is 5.92 Å². The molecule has 158 valence electrons. The van der Waals surface area contributed by atoms with E-state index in [1.165, 1.54) is 16.7 Å². The molecule has 2 amide bonds. The number of benzene rings is 2. The summed E-state index contributed by atoms with van der Waals surface area (Å²) < 4.78 is 0. The Labute approximate surface area is 179 Å². The largest absolute Gasteiger partial charge is 0.349 e. The highest BCUT2D eigenvalue weighted by molar-refractivity contribution is 5.88. The number of nitrogens with one attached hydrogen (secondary N) is 1. The van der Waals surface area contributed by atoms with Crippen molar-refractivity contribution in [2.75, 3.05) is 0 Å². The van der Waals surface area contributed by atoms with Crippen molar-refractivity contribution in [1.29, 1.82) is 0 Å². The van der Waals surface area contributed by atoms with E-state index in [1.807, 2.05) is 49.1 Å². The van der Waals surface area contributed by atoms with Crippen molar-refractivity contribution >= 4 is 11.8 Å². The number of hydrogen-bond donors (Lipinski definition) is 2. The number of nitrogens with two attached hydrogens (primary N) is 1. The molecule has 5 heteroatoms. The van der Waals surface area contributed by atoms with Crippen LogP contribution >= 0.6 is 0 Å². The first-order valence-corrected chi connectivity index (χ1v) is 10.6. The first-order valence-electron chi connectivity index (χ1n) is 10.6. The zero-order valence-electron chi connectivity index (χ0n) is 17.8. The molecule has 30 heavy (non-hydrogen) atoms. The van der Waals surface area contributed by atoms with Gasteiger partial charge in [0.15, 0.2) is 0 Å². The van der Waals surface area contributed by atoms with Crippen LogP contribution in [0.3, 0.4) is 0 Å². The average molecular weight is 406 g/mol. The standard InChI is InChI=1S/C25H31N3O2/c1-18(2)24(26)25(30)27-22(13-12-19-8-4-3-5-9-19)14-15-23(29)28-16-20-10-6-7-11-21(20)17-28/h3-11,14-15,18,22,24H,12-13,16-17,26H2,1-2H3,(H,27,30)/b15-14+/t22-,24?/m0/s1. The minimum Gasteiger partial charge on any atom is -0.349 e. The van der Waals surface area contributed by atoms with E-state index in [4.69, 9.17) is 5.73 Å². The molecule has 1 aliphatic heterocycles. The smallest absolute Gasteiger partial charge is 0.246 e. The number of carbonyl (C=O) groups is 2. The fourth-order valence-electron chi connectivity index (χ4n) is 3.56. The van der Waals surface area contributed by atoms with Crippen LogP contribution in [-0.2, 0) is 29.1 Å². The minimum absolute atomic E-state index is 0.0432. The molecule has 1 unspecified atom stereocenters. The van der Waals surface area contributed by atoms with Gasteiger partial charge in [-0.05, 0) is 35.4 Å². The van der Waals surface area contributed by atoms with E-state index < -0.39 is 6.04 Å². The number of aryl methyl sites for hydroxylation is 1. The molecule has 0 saturated carbocycles. The summed E-state index contributed by atoms with van der Waals surface area (Å²) in [5.74, 6) is -0.180. The Morgan fingerprint density at radius 1 is 1.03 bits per heavy atom.